The summed E-state index contributed by atoms with van der Waals surface area (Å²) in [5.74, 6) is 0.822. The fourth-order valence-electron chi connectivity index (χ4n) is 0.374. The molecule has 1 aromatic rings. The highest BCUT2D eigenvalue weighted by atomic mass is 35.7. The Morgan fingerprint density at radius 3 is 1.83 bits per heavy atom. The van der Waals surface area contributed by atoms with Crippen molar-refractivity contribution in [1.82, 2.24) is 9.97 Å². The molecule has 0 radical (unpaired) electrons. The van der Waals surface area contributed by atoms with Crippen LogP contribution >= 0.6 is 10.7 Å². The van der Waals surface area contributed by atoms with E-state index in [1.165, 1.54) is 0 Å². The van der Waals surface area contributed by atoms with Crippen LogP contribution in [0.2, 0.25) is 0 Å². The molecule has 0 saturated heterocycles. The van der Waals surface area contributed by atoms with Gasteiger partial charge in [-0.05, 0) is 13.0 Å². The van der Waals surface area contributed by atoms with E-state index in [1.54, 1.807) is 18.5 Å². The first kappa shape index (κ1) is 11.3. The molecule has 0 bridgehead atoms. The van der Waals surface area contributed by atoms with Gasteiger partial charge in [0, 0.05) is 23.1 Å². The quantitative estimate of drug-likeness (QED) is 0.596. The third kappa shape index (κ3) is 12.0. The van der Waals surface area contributed by atoms with Crippen molar-refractivity contribution >= 4 is 19.7 Å². The van der Waals surface area contributed by atoms with E-state index in [4.69, 9.17) is 0 Å². The largest absolute Gasteiger partial charge is 0.242 e. The van der Waals surface area contributed by atoms with Gasteiger partial charge in [-0.25, -0.2) is 18.4 Å². The molecule has 0 aromatic carbocycles. The lowest BCUT2D eigenvalue weighted by Gasteiger charge is -1.81. The minimum Gasteiger partial charge on any atom is -0.242 e. The van der Waals surface area contributed by atoms with Crippen molar-refractivity contribution in [1.29, 1.82) is 0 Å². The van der Waals surface area contributed by atoms with Gasteiger partial charge in [0.1, 0.15) is 5.82 Å². The normalized spacial score (nSPS) is 9.92. The Kier molecular flexibility index (Phi) is 4.77. The van der Waals surface area contributed by atoms with Crippen LogP contribution in [-0.4, -0.2) is 24.6 Å². The number of hydrogen-bond acceptors (Lipinski definition) is 4. The van der Waals surface area contributed by atoms with Crippen molar-refractivity contribution in [3.8, 4) is 0 Å². The van der Waals surface area contributed by atoms with Gasteiger partial charge in [-0.2, -0.15) is 0 Å². The van der Waals surface area contributed by atoms with Gasteiger partial charge in [-0.15, -0.1) is 0 Å². The molecule has 0 amide bonds. The maximum atomic E-state index is 9.40. The summed E-state index contributed by atoms with van der Waals surface area (Å²) >= 11 is 0. The third-order valence-corrected chi connectivity index (χ3v) is 0.695. The van der Waals surface area contributed by atoms with Gasteiger partial charge in [0.15, 0.2) is 0 Å². The van der Waals surface area contributed by atoms with E-state index in [-0.39, 0.29) is 0 Å². The summed E-state index contributed by atoms with van der Waals surface area (Å²) in [6, 6.07) is 1.80. The van der Waals surface area contributed by atoms with Gasteiger partial charge in [-0.3, -0.25) is 0 Å². The molecule has 1 aromatic heterocycles. The Hall–Kier alpha value is -0.680. The molecule has 0 fully saturated rings. The van der Waals surface area contributed by atoms with Crippen LogP contribution in [0.4, 0.5) is 0 Å². The van der Waals surface area contributed by atoms with Crippen molar-refractivity contribution in [2.24, 2.45) is 0 Å². The van der Waals surface area contributed by atoms with E-state index in [1.807, 2.05) is 6.92 Å². The molecular formula is C6H9ClN2O2S. The Morgan fingerprint density at radius 2 is 1.67 bits per heavy atom. The molecule has 4 nitrogen and oxygen atoms in total. The van der Waals surface area contributed by atoms with Crippen LogP contribution in [0, 0.1) is 6.92 Å². The van der Waals surface area contributed by atoms with Crippen LogP contribution < -0.4 is 0 Å². The molecule has 0 unspecified atom stereocenters. The van der Waals surface area contributed by atoms with Gasteiger partial charge >= 0.3 is 0 Å². The van der Waals surface area contributed by atoms with Crippen molar-refractivity contribution in [2.75, 3.05) is 6.26 Å². The number of halogens is 1. The summed E-state index contributed by atoms with van der Waals surface area (Å²) in [6.45, 7) is 1.86. The summed E-state index contributed by atoms with van der Waals surface area (Å²) in [7, 11) is 1.31. The highest BCUT2D eigenvalue weighted by Gasteiger charge is 1.83. The average molecular weight is 209 g/mol. The number of nitrogens with zero attached hydrogens (tertiary/aromatic N) is 2. The lowest BCUT2D eigenvalue weighted by molar-refractivity contribution is 0.615. The molecule has 6 heteroatoms. The zero-order valence-corrected chi connectivity index (χ0v) is 8.30. The first-order chi connectivity index (χ1) is 5.39. The van der Waals surface area contributed by atoms with Gasteiger partial charge < -0.3 is 0 Å². The second-order valence-corrected chi connectivity index (χ2v) is 5.02. The fraction of sp³-hybridized carbons (Fsp3) is 0.333. The lowest BCUT2D eigenvalue weighted by atomic mass is 10.6. The summed E-state index contributed by atoms with van der Waals surface area (Å²) in [6.07, 6.45) is 4.37. The van der Waals surface area contributed by atoms with Gasteiger partial charge in [-0.1, -0.05) is 0 Å². The molecule has 0 aliphatic heterocycles. The predicted molar refractivity (Wildman–Crippen MR) is 47.5 cm³/mol. The van der Waals surface area contributed by atoms with Gasteiger partial charge in [0.05, 0.1) is 6.26 Å². The highest BCUT2D eigenvalue weighted by molar-refractivity contribution is 8.13. The topological polar surface area (TPSA) is 59.9 Å². The average Bonchev–Trinajstić information content (AvgIpc) is 1.85. The Bertz CT molecular complexity index is 304. The third-order valence-electron chi connectivity index (χ3n) is 0.695. The lowest BCUT2D eigenvalue weighted by Crippen LogP contribution is -1.80. The summed E-state index contributed by atoms with van der Waals surface area (Å²) in [5.41, 5.74) is 0. The Labute approximate surface area is 76.0 Å². The molecule has 0 N–H and O–H groups in total. The van der Waals surface area contributed by atoms with Crippen LogP contribution in [0.3, 0.4) is 0 Å². The minimum absolute atomic E-state index is 0.822. The molecule has 0 aliphatic carbocycles. The number of aromatic nitrogens is 2. The monoisotopic (exact) mass is 208 g/mol. The SMILES string of the molecule is CS(=O)(=O)Cl.Cc1ncccn1. The van der Waals surface area contributed by atoms with Crippen LogP contribution in [-0.2, 0) is 9.05 Å². The fourth-order valence-corrected chi connectivity index (χ4v) is 0.374. The second-order valence-electron chi connectivity index (χ2n) is 1.98. The Balaban J connectivity index is 0.000000217. The standard InChI is InChI=1S/C5H6N2.CH3ClO2S/c1-5-6-3-2-4-7-5;1-5(2,3)4/h2-4H,1H3;1H3. The predicted octanol–water partition coefficient (Wildman–Crippen LogP) is 0.970. The molecule has 12 heavy (non-hydrogen) atoms. The number of rotatable bonds is 0. The van der Waals surface area contributed by atoms with E-state index in [9.17, 15) is 8.42 Å². The molecule has 1 heterocycles. The van der Waals surface area contributed by atoms with Crippen LogP contribution in [0.1, 0.15) is 5.82 Å². The van der Waals surface area contributed by atoms with E-state index >= 15 is 0 Å². The van der Waals surface area contributed by atoms with Crippen molar-refractivity contribution < 1.29 is 8.42 Å². The minimum atomic E-state index is -3.19. The van der Waals surface area contributed by atoms with E-state index in [2.05, 4.69) is 20.7 Å². The van der Waals surface area contributed by atoms with Crippen LogP contribution in [0.5, 0.6) is 0 Å². The zero-order valence-electron chi connectivity index (χ0n) is 6.73. The molecule has 0 spiro atoms. The molecule has 1 rings (SSSR count). The van der Waals surface area contributed by atoms with Crippen LogP contribution in [0.25, 0.3) is 0 Å². The maximum Gasteiger partial charge on any atom is 0.229 e. The Morgan fingerprint density at radius 1 is 1.33 bits per heavy atom. The molecule has 0 aliphatic rings. The zero-order chi connectivity index (χ0) is 9.61. The number of hydrogen-bond donors (Lipinski definition) is 0. The summed E-state index contributed by atoms with van der Waals surface area (Å²) in [5, 5.41) is 0. The first-order valence-electron chi connectivity index (χ1n) is 3.03. The summed E-state index contributed by atoms with van der Waals surface area (Å²) in [4.78, 5) is 7.74. The van der Waals surface area contributed by atoms with E-state index < -0.39 is 9.05 Å². The smallest absolute Gasteiger partial charge is 0.229 e. The van der Waals surface area contributed by atoms with Crippen molar-refractivity contribution in [3.63, 3.8) is 0 Å². The first-order valence-corrected chi connectivity index (χ1v) is 5.74. The maximum absolute atomic E-state index is 9.40. The molecule has 68 valence electrons. The molecule has 0 atom stereocenters. The van der Waals surface area contributed by atoms with Gasteiger partial charge in [0.2, 0.25) is 9.05 Å². The highest BCUT2D eigenvalue weighted by Crippen LogP contribution is 1.83. The van der Waals surface area contributed by atoms with E-state index in [0.717, 1.165) is 12.1 Å². The van der Waals surface area contributed by atoms with Crippen molar-refractivity contribution in [3.05, 3.63) is 24.3 Å². The second kappa shape index (κ2) is 5.05. The van der Waals surface area contributed by atoms with Gasteiger partial charge in [0.25, 0.3) is 0 Å². The number of aryl methyl sites for hydroxylation is 1. The summed E-state index contributed by atoms with van der Waals surface area (Å²) < 4.78 is 18.8. The molecule has 0 saturated carbocycles. The van der Waals surface area contributed by atoms with E-state index in [0.29, 0.717) is 0 Å². The van der Waals surface area contributed by atoms with Crippen LogP contribution in [0.15, 0.2) is 18.5 Å². The molecular weight excluding hydrogens is 200 g/mol. The van der Waals surface area contributed by atoms with Crippen molar-refractivity contribution in [2.45, 2.75) is 6.92 Å².